The molecule has 34 heavy (non-hydrogen) atoms. The van der Waals surface area contributed by atoms with Gasteiger partial charge in [-0.1, -0.05) is 84.9 Å². The second-order valence-electron chi connectivity index (χ2n) is 8.64. The number of esters is 1. The Kier molecular flexibility index (Phi) is 6.11. The van der Waals surface area contributed by atoms with E-state index in [1.807, 2.05) is 48.5 Å². The third-order valence-corrected chi connectivity index (χ3v) is 6.58. The molecule has 4 aromatic rings. The number of nitrogens with one attached hydrogen (secondary N) is 1. The quantitative estimate of drug-likeness (QED) is 0.335. The third kappa shape index (κ3) is 4.30. The number of amides is 1. The van der Waals surface area contributed by atoms with E-state index in [-0.39, 0.29) is 29.1 Å². The number of primary amides is 1. The van der Waals surface area contributed by atoms with Crippen LogP contribution >= 0.6 is 0 Å². The van der Waals surface area contributed by atoms with Crippen LogP contribution in [-0.4, -0.2) is 25.0 Å². The van der Waals surface area contributed by atoms with E-state index >= 15 is 0 Å². The Morgan fingerprint density at radius 3 is 2.29 bits per heavy atom. The number of hydrogen-bond donors (Lipinski definition) is 2. The average Bonchev–Trinajstić information content (AvgIpc) is 2.89. The van der Waals surface area contributed by atoms with E-state index in [1.54, 1.807) is 6.07 Å². The van der Waals surface area contributed by atoms with Crippen LogP contribution in [0.4, 0.5) is 0 Å². The Labute approximate surface area is 198 Å². The molecule has 170 valence electrons. The van der Waals surface area contributed by atoms with Gasteiger partial charge in [-0.3, -0.25) is 9.59 Å². The Balaban J connectivity index is 1.41. The average molecular weight is 451 g/mol. The van der Waals surface area contributed by atoms with Crippen LogP contribution in [0.25, 0.3) is 21.9 Å². The molecule has 0 bridgehead atoms. The number of hydrogen-bond acceptors (Lipinski definition) is 4. The summed E-state index contributed by atoms with van der Waals surface area (Å²) in [7, 11) is 0. The molecule has 2 unspecified atom stereocenters. The molecule has 2 atom stereocenters. The number of benzene rings is 4. The Hall–Kier alpha value is -3.96. The van der Waals surface area contributed by atoms with Gasteiger partial charge in [0.15, 0.2) is 0 Å². The number of carbonyl (C=O) groups excluding carboxylic acids is 2. The van der Waals surface area contributed by atoms with Crippen molar-refractivity contribution < 1.29 is 14.3 Å². The van der Waals surface area contributed by atoms with Crippen LogP contribution in [0.1, 0.15) is 28.3 Å². The Bertz CT molecular complexity index is 1330. The van der Waals surface area contributed by atoms with E-state index in [9.17, 15) is 9.59 Å². The van der Waals surface area contributed by atoms with Crippen molar-refractivity contribution in [2.45, 2.75) is 12.3 Å². The van der Waals surface area contributed by atoms with E-state index in [4.69, 9.17) is 10.5 Å². The largest absolute Gasteiger partial charge is 0.425 e. The molecule has 5 heteroatoms. The SMILES string of the molecule is NC(=O)c1c(OC(=O)C2CNCCC2c2ccc(-c3ccccc3)cc2)ccc2ccccc12. The first kappa shape index (κ1) is 21.9. The van der Waals surface area contributed by atoms with Gasteiger partial charge >= 0.3 is 5.97 Å². The van der Waals surface area contributed by atoms with Crippen molar-refractivity contribution in [2.75, 3.05) is 13.1 Å². The number of carbonyl (C=O) groups is 2. The van der Waals surface area contributed by atoms with Crippen molar-refractivity contribution in [3.63, 3.8) is 0 Å². The molecule has 1 fully saturated rings. The molecule has 1 saturated heterocycles. The minimum atomic E-state index is -0.616. The topological polar surface area (TPSA) is 81.4 Å². The van der Waals surface area contributed by atoms with Gasteiger partial charge in [-0.15, -0.1) is 0 Å². The lowest BCUT2D eigenvalue weighted by atomic mass is 9.80. The summed E-state index contributed by atoms with van der Waals surface area (Å²) in [5.74, 6) is -1.11. The predicted octanol–water partition coefficient (Wildman–Crippen LogP) is 4.90. The normalized spacial score (nSPS) is 17.9. The molecule has 1 aliphatic heterocycles. The van der Waals surface area contributed by atoms with Crippen LogP contribution in [0, 0.1) is 5.92 Å². The fourth-order valence-electron chi connectivity index (χ4n) is 4.83. The van der Waals surface area contributed by atoms with Gasteiger partial charge in [0.1, 0.15) is 5.75 Å². The molecular weight excluding hydrogens is 424 g/mol. The fraction of sp³-hybridized carbons (Fsp3) is 0.172. The van der Waals surface area contributed by atoms with Crippen molar-refractivity contribution in [1.29, 1.82) is 0 Å². The molecule has 0 radical (unpaired) electrons. The minimum absolute atomic E-state index is 0.0241. The molecule has 1 aliphatic rings. The van der Waals surface area contributed by atoms with E-state index in [1.165, 1.54) is 0 Å². The zero-order valence-electron chi connectivity index (χ0n) is 18.7. The molecule has 0 spiro atoms. The molecule has 5 nitrogen and oxygen atoms in total. The smallest absolute Gasteiger partial charge is 0.316 e. The number of rotatable bonds is 5. The van der Waals surface area contributed by atoms with Crippen LogP contribution in [0.15, 0.2) is 91.0 Å². The number of piperidine rings is 1. The third-order valence-electron chi connectivity index (χ3n) is 6.58. The monoisotopic (exact) mass is 450 g/mol. The van der Waals surface area contributed by atoms with Gasteiger partial charge in [0.2, 0.25) is 0 Å². The maximum absolute atomic E-state index is 13.3. The standard InChI is InChI=1S/C29H26N2O3/c30-28(32)27-24-9-5-4-8-21(24)14-15-26(27)34-29(33)25-18-31-17-16-23(25)22-12-10-20(11-13-22)19-6-2-1-3-7-19/h1-15,23,25,31H,16-18H2,(H2,30,32). The summed E-state index contributed by atoms with van der Waals surface area (Å²) in [5.41, 5.74) is 9.31. The van der Waals surface area contributed by atoms with Gasteiger partial charge in [0.05, 0.1) is 11.5 Å². The van der Waals surface area contributed by atoms with Crippen molar-refractivity contribution in [1.82, 2.24) is 5.32 Å². The molecule has 0 saturated carbocycles. The van der Waals surface area contributed by atoms with Gasteiger partial charge in [0.25, 0.3) is 5.91 Å². The number of fused-ring (bicyclic) bond motifs is 1. The van der Waals surface area contributed by atoms with E-state index in [2.05, 4.69) is 41.7 Å². The first-order valence-corrected chi connectivity index (χ1v) is 11.5. The second kappa shape index (κ2) is 9.49. The Morgan fingerprint density at radius 2 is 1.53 bits per heavy atom. The summed E-state index contributed by atoms with van der Waals surface area (Å²) < 4.78 is 5.82. The molecular formula is C29H26N2O3. The van der Waals surface area contributed by atoms with Crippen LogP contribution in [-0.2, 0) is 4.79 Å². The molecule has 1 amide bonds. The lowest BCUT2D eigenvalue weighted by Gasteiger charge is -2.31. The van der Waals surface area contributed by atoms with Crippen LogP contribution in [0.5, 0.6) is 5.75 Å². The molecule has 5 rings (SSSR count). The van der Waals surface area contributed by atoms with Gasteiger partial charge in [-0.2, -0.15) is 0 Å². The molecule has 4 aromatic carbocycles. The summed E-state index contributed by atoms with van der Waals surface area (Å²) in [5, 5.41) is 4.86. The van der Waals surface area contributed by atoms with E-state index in [0.717, 1.165) is 35.0 Å². The number of nitrogens with two attached hydrogens (primary N) is 1. The van der Waals surface area contributed by atoms with Gasteiger partial charge in [-0.25, -0.2) is 0 Å². The predicted molar refractivity (Wildman–Crippen MR) is 134 cm³/mol. The highest BCUT2D eigenvalue weighted by Crippen LogP contribution is 2.34. The number of ether oxygens (including phenoxy) is 1. The zero-order chi connectivity index (χ0) is 23.5. The molecule has 3 N–H and O–H groups in total. The minimum Gasteiger partial charge on any atom is -0.425 e. The molecule has 0 aromatic heterocycles. The van der Waals surface area contributed by atoms with Crippen molar-refractivity contribution in [3.05, 3.63) is 102 Å². The maximum Gasteiger partial charge on any atom is 0.316 e. The molecule has 1 heterocycles. The maximum atomic E-state index is 13.3. The summed E-state index contributed by atoms with van der Waals surface area (Å²) in [6.07, 6.45) is 0.824. The lowest BCUT2D eigenvalue weighted by Crippen LogP contribution is -2.41. The van der Waals surface area contributed by atoms with Gasteiger partial charge in [-0.05, 0) is 52.4 Å². The summed E-state index contributed by atoms with van der Waals surface area (Å²) in [6.45, 7) is 1.35. The molecule has 0 aliphatic carbocycles. The van der Waals surface area contributed by atoms with Crippen molar-refractivity contribution >= 4 is 22.6 Å². The second-order valence-corrected chi connectivity index (χ2v) is 8.64. The van der Waals surface area contributed by atoms with Gasteiger partial charge in [0, 0.05) is 6.54 Å². The zero-order valence-corrected chi connectivity index (χ0v) is 18.7. The van der Waals surface area contributed by atoms with Crippen molar-refractivity contribution in [2.24, 2.45) is 11.7 Å². The summed E-state index contributed by atoms with van der Waals surface area (Å²) in [4.78, 5) is 25.6. The van der Waals surface area contributed by atoms with Crippen LogP contribution < -0.4 is 15.8 Å². The fourth-order valence-corrected chi connectivity index (χ4v) is 4.83. The summed E-state index contributed by atoms with van der Waals surface area (Å²) >= 11 is 0. The van der Waals surface area contributed by atoms with Crippen LogP contribution in [0.3, 0.4) is 0 Å². The summed E-state index contributed by atoms with van der Waals surface area (Å²) in [6, 6.07) is 29.5. The van der Waals surface area contributed by atoms with Crippen LogP contribution in [0.2, 0.25) is 0 Å². The van der Waals surface area contributed by atoms with E-state index < -0.39 is 5.91 Å². The van der Waals surface area contributed by atoms with Gasteiger partial charge < -0.3 is 15.8 Å². The van der Waals surface area contributed by atoms with Crippen molar-refractivity contribution in [3.8, 4) is 16.9 Å². The first-order chi connectivity index (χ1) is 16.6. The highest BCUT2D eigenvalue weighted by molar-refractivity contribution is 6.09. The highest BCUT2D eigenvalue weighted by Gasteiger charge is 2.34. The lowest BCUT2D eigenvalue weighted by molar-refractivity contribution is -0.140. The Morgan fingerprint density at radius 1 is 0.824 bits per heavy atom. The highest BCUT2D eigenvalue weighted by atomic mass is 16.5. The first-order valence-electron chi connectivity index (χ1n) is 11.5. The van der Waals surface area contributed by atoms with E-state index in [0.29, 0.717) is 11.9 Å².